The molecule has 76 valence electrons. The summed E-state index contributed by atoms with van der Waals surface area (Å²) in [6.07, 6.45) is -2.56. The molecule has 0 aromatic heterocycles. The van der Waals surface area contributed by atoms with Crippen molar-refractivity contribution in [3.05, 3.63) is 33.8 Å². The van der Waals surface area contributed by atoms with Gasteiger partial charge in [0.2, 0.25) is 0 Å². The number of hydrogen-bond donors (Lipinski definition) is 0. The highest BCUT2D eigenvalue weighted by Crippen LogP contribution is 2.28. The molecule has 0 unspecified atom stereocenters. The Bertz CT molecular complexity index is 353. The van der Waals surface area contributed by atoms with Crippen LogP contribution >= 0.6 is 15.9 Å². The maximum Gasteiger partial charge on any atom is 0.337 e. The number of rotatable bonds is 2. The fraction of sp³-hybridized carbons (Fsp3) is 0.222. The first-order valence-corrected chi connectivity index (χ1v) is 4.51. The first-order valence-electron chi connectivity index (χ1n) is 3.72. The van der Waals surface area contributed by atoms with Crippen molar-refractivity contribution in [2.45, 2.75) is 6.43 Å². The zero-order valence-corrected chi connectivity index (χ0v) is 8.85. The van der Waals surface area contributed by atoms with Crippen molar-refractivity contribution in [1.82, 2.24) is 0 Å². The summed E-state index contributed by atoms with van der Waals surface area (Å²) >= 11 is 2.96. The molecule has 0 bridgehead atoms. The maximum atomic E-state index is 12.3. The number of esters is 1. The van der Waals surface area contributed by atoms with E-state index in [1.165, 1.54) is 25.3 Å². The number of carbonyl (C=O) groups excluding carboxylic acids is 1. The molecular formula is C9H7BrF2O2. The third-order valence-corrected chi connectivity index (χ3v) is 2.34. The zero-order valence-electron chi connectivity index (χ0n) is 7.26. The maximum absolute atomic E-state index is 12.3. The van der Waals surface area contributed by atoms with Gasteiger partial charge in [-0.25, -0.2) is 13.6 Å². The van der Waals surface area contributed by atoms with Crippen LogP contribution < -0.4 is 0 Å². The summed E-state index contributed by atoms with van der Waals surface area (Å²) in [7, 11) is 1.23. The van der Waals surface area contributed by atoms with Gasteiger partial charge in [0.15, 0.2) is 0 Å². The van der Waals surface area contributed by atoms with Crippen LogP contribution in [0.5, 0.6) is 0 Å². The van der Waals surface area contributed by atoms with Crippen molar-refractivity contribution in [3.63, 3.8) is 0 Å². The standard InChI is InChI=1S/C9H7BrF2O2/c1-14-9(13)5-2-3-6(8(11)12)7(10)4-5/h2-4,8H,1H3. The molecule has 0 heterocycles. The number of benzene rings is 1. The van der Waals surface area contributed by atoms with Crippen LogP contribution in [0.1, 0.15) is 22.3 Å². The van der Waals surface area contributed by atoms with Gasteiger partial charge in [-0.3, -0.25) is 0 Å². The van der Waals surface area contributed by atoms with Crippen LogP contribution in [0.15, 0.2) is 22.7 Å². The molecule has 2 nitrogen and oxygen atoms in total. The van der Waals surface area contributed by atoms with Crippen LogP contribution in [0.4, 0.5) is 8.78 Å². The second-order valence-electron chi connectivity index (χ2n) is 2.53. The molecule has 0 aliphatic heterocycles. The number of ether oxygens (including phenoxy) is 1. The summed E-state index contributed by atoms with van der Waals surface area (Å²) in [5, 5.41) is 0. The van der Waals surface area contributed by atoms with Crippen molar-refractivity contribution in [3.8, 4) is 0 Å². The third kappa shape index (κ3) is 2.29. The van der Waals surface area contributed by atoms with E-state index in [0.717, 1.165) is 0 Å². The molecule has 0 amide bonds. The van der Waals surface area contributed by atoms with Crippen molar-refractivity contribution < 1.29 is 18.3 Å². The average Bonchev–Trinajstić information content (AvgIpc) is 2.15. The summed E-state index contributed by atoms with van der Waals surface area (Å²) in [5.41, 5.74) is 0.0985. The number of alkyl halides is 2. The van der Waals surface area contributed by atoms with Crippen LogP contribution in [-0.4, -0.2) is 13.1 Å². The molecule has 14 heavy (non-hydrogen) atoms. The average molecular weight is 265 g/mol. The topological polar surface area (TPSA) is 26.3 Å². The van der Waals surface area contributed by atoms with Gasteiger partial charge in [-0.1, -0.05) is 22.0 Å². The highest BCUT2D eigenvalue weighted by molar-refractivity contribution is 9.10. The Morgan fingerprint density at radius 2 is 2.14 bits per heavy atom. The van der Waals surface area contributed by atoms with Crippen LogP contribution in [0.25, 0.3) is 0 Å². The van der Waals surface area contributed by atoms with Gasteiger partial charge >= 0.3 is 5.97 Å². The molecule has 0 saturated carbocycles. The minimum Gasteiger partial charge on any atom is -0.465 e. The monoisotopic (exact) mass is 264 g/mol. The minimum absolute atomic E-state index is 0.141. The van der Waals surface area contributed by atoms with E-state index in [1.807, 2.05) is 0 Å². The smallest absolute Gasteiger partial charge is 0.337 e. The van der Waals surface area contributed by atoms with Gasteiger partial charge in [-0.05, 0) is 12.1 Å². The highest BCUT2D eigenvalue weighted by Gasteiger charge is 2.14. The van der Waals surface area contributed by atoms with E-state index in [2.05, 4.69) is 20.7 Å². The van der Waals surface area contributed by atoms with Gasteiger partial charge in [0.1, 0.15) is 0 Å². The SMILES string of the molecule is COC(=O)c1ccc(C(F)F)c(Br)c1. The largest absolute Gasteiger partial charge is 0.465 e. The van der Waals surface area contributed by atoms with Gasteiger partial charge in [0, 0.05) is 10.0 Å². The Morgan fingerprint density at radius 1 is 1.50 bits per heavy atom. The van der Waals surface area contributed by atoms with E-state index in [0.29, 0.717) is 0 Å². The van der Waals surface area contributed by atoms with Gasteiger partial charge in [-0.15, -0.1) is 0 Å². The summed E-state index contributed by atoms with van der Waals surface area (Å²) in [5.74, 6) is -0.550. The summed E-state index contributed by atoms with van der Waals surface area (Å²) in [4.78, 5) is 11.0. The van der Waals surface area contributed by atoms with Gasteiger partial charge < -0.3 is 4.74 Å². The highest BCUT2D eigenvalue weighted by atomic mass is 79.9. The lowest BCUT2D eigenvalue weighted by Crippen LogP contribution is -2.01. The molecular weight excluding hydrogens is 258 g/mol. The van der Waals surface area contributed by atoms with Crippen LogP contribution in [0.2, 0.25) is 0 Å². The van der Waals surface area contributed by atoms with Crippen LogP contribution in [-0.2, 0) is 4.74 Å². The number of carbonyl (C=O) groups is 1. The molecule has 1 aromatic carbocycles. The Morgan fingerprint density at radius 3 is 2.57 bits per heavy atom. The van der Waals surface area contributed by atoms with E-state index < -0.39 is 12.4 Å². The zero-order chi connectivity index (χ0) is 10.7. The molecule has 0 atom stereocenters. The molecule has 0 spiro atoms. The normalized spacial score (nSPS) is 10.4. The van der Waals surface area contributed by atoms with E-state index in [9.17, 15) is 13.6 Å². The van der Waals surface area contributed by atoms with Crippen molar-refractivity contribution in [1.29, 1.82) is 0 Å². The van der Waals surface area contributed by atoms with Gasteiger partial charge in [0.05, 0.1) is 12.7 Å². The van der Waals surface area contributed by atoms with Crippen molar-refractivity contribution >= 4 is 21.9 Å². The second-order valence-corrected chi connectivity index (χ2v) is 3.38. The predicted molar refractivity (Wildman–Crippen MR) is 50.4 cm³/mol. The number of hydrogen-bond acceptors (Lipinski definition) is 2. The molecule has 0 aliphatic rings. The van der Waals surface area contributed by atoms with E-state index in [4.69, 9.17) is 0 Å². The molecule has 0 saturated heterocycles. The minimum atomic E-state index is -2.56. The first kappa shape index (κ1) is 11.1. The molecule has 1 rings (SSSR count). The molecule has 1 aromatic rings. The quantitative estimate of drug-likeness (QED) is 0.767. The fourth-order valence-corrected chi connectivity index (χ4v) is 1.50. The Hall–Kier alpha value is -0.970. The lowest BCUT2D eigenvalue weighted by Gasteiger charge is -2.04. The predicted octanol–water partition coefficient (Wildman–Crippen LogP) is 3.17. The number of methoxy groups -OCH3 is 1. The summed E-state index contributed by atoms with van der Waals surface area (Å²) in [6.45, 7) is 0. The Balaban J connectivity index is 3.06. The van der Waals surface area contributed by atoms with E-state index in [-0.39, 0.29) is 15.6 Å². The summed E-state index contributed by atoms with van der Waals surface area (Å²) < 4.78 is 29.2. The van der Waals surface area contributed by atoms with E-state index in [1.54, 1.807) is 0 Å². The van der Waals surface area contributed by atoms with Crippen LogP contribution in [0, 0.1) is 0 Å². The van der Waals surface area contributed by atoms with Crippen molar-refractivity contribution in [2.75, 3.05) is 7.11 Å². The second kappa shape index (κ2) is 4.50. The third-order valence-electron chi connectivity index (χ3n) is 1.66. The lowest BCUT2D eigenvalue weighted by molar-refractivity contribution is 0.0600. The van der Waals surface area contributed by atoms with Crippen LogP contribution in [0.3, 0.4) is 0 Å². The van der Waals surface area contributed by atoms with Crippen molar-refractivity contribution in [2.24, 2.45) is 0 Å². The van der Waals surface area contributed by atoms with Gasteiger partial charge in [-0.2, -0.15) is 0 Å². The summed E-state index contributed by atoms with van der Waals surface area (Å²) in [6, 6.07) is 3.81. The molecule has 0 fully saturated rings. The molecule has 0 N–H and O–H groups in total. The fourth-order valence-electron chi connectivity index (χ4n) is 0.949. The van der Waals surface area contributed by atoms with E-state index >= 15 is 0 Å². The first-order chi connectivity index (χ1) is 6.56. The molecule has 0 radical (unpaired) electrons. The van der Waals surface area contributed by atoms with Gasteiger partial charge in [0.25, 0.3) is 6.43 Å². The molecule has 0 aliphatic carbocycles. The Labute approximate surface area is 88.0 Å². The molecule has 5 heteroatoms. The number of halogens is 3. The Kier molecular flexibility index (Phi) is 3.57. The lowest BCUT2D eigenvalue weighted by atomic mass is 10.1.